The Bertz CT molecular complexity index is 944. The Morgan fingerprint density at radius 1 is 1.03 bits per heavy atom. The van der Waals surface area contributed by atoms with Crippen molar-refractivity contribution < 1.29 is 14.3 Å². The Balaban J connectivity index is 1.64. The second kappa shape index (κ2) is 8.62. The van der Waals surface area contributed by atoms with Gasteiger partial charge in [-0.3, -0.25) is 4.79 Å². The Hall–Kier alpha value is -2.92. The predicted molar refractivity (Wildman–Crippen MR) is 114 cm³/mol. The van der Waals surface area contributed by atoms with Crippen LogP contribution in [0.2, 0.25) is 0 Å². The number of thiophene rings is 1. The van der Waals surface area contributed by atoms with E-state index >= 15 is 0 Å². The number of benzene rings is 2. The normalized spacial score (nSPS) is 15.8. The number of ether oxygens (including phenoxy) is 1. The van der Waals surface area contributed by atoms with E-state index in [2.05, 4.69) is 24.3 Å². The van der Waals surface area contributed by atoms with E-state index in [9.17, 15) is 9.59 Å². The largest absolute Gasteiger partial charge is 0.467 e. The van der Waals surface area contributed by atoms with Gasteiger partial charge in [0.25, 0.3) is 0 Å². The van der Waals surface area contributed by atoms with Crippen molar-refractivity contribution in [1.29, 1.82) is 0 Å². The van der Waals surface area contributed by atoms with E-state index in [1.165, 1.54) is 7.11 Å². The van der Waals surface area contributed by atoms with Gasteiger partial charge in [0.05, 0.1) is 7.11 Å². The summed E-state index contributed by atoms with van der Waals surface area (Å²) in [6, 6.07) is 21.4. The summed E-state index contributed by atoms with van der Waals surface area (Å²) in [6.07, 6.45) is 1.08. The molecular formula is C24H23NO3S. The zero-order chi connectivity index (χ0) is 20.2. The number of esters is 1. The lowest BCUT2D eigenvalue weighted by Gasteiger charge is -2.35. The van der Waals surface area contributed by atoms with E-state index in [1.54, 1.807) is 16.2 Å². The van der Waals surface area contributed by atoms with Crippen molar-refractivity contribution >= 4 is 23.2 Å². The summed E-state index contributed by atoms with van der Waals surface area (Å²) in [5.74, 6) is -0.476. The van der Waals surface area contributed by atoms with E-state index in [1.807, 2.05) is 47.8 Å². The van der Waals surface area contributed by atoms with Crippen molar-refractivity contribution in [3.05, 3.63) is 93.7 Å². The van der Waals surface area contributed by atoms with Gasteiger partial charge < -0.3 is 9.64 Å². The first-order valence-corrected chi connectivity index (χ1v) is 10.6. The van der Waals surface area contributed by atoms with Crippen molar-refractivity contribution in [2.75, 3.05) is 13.7 Å². The number of nitrogens with zero attached hydrogens (tertiary/aromatic N) is 1. The Kier molecular flexibility index (Phi) is 5.76. The number of hydrogen-bond donors (Lipinski definition) is 0. The zero-order valence-electron chi connectivity index (χ0n) is 16.3. The number of fused-ring (bicyclic) bond motifs is 1. The van der Waals surface area contributed by atoms with Crippen LogP contribution in [-0.4, -0.2) is 30.4 Å². The van der Waals surface area contributed by atoms with E-state index in [-0.39, 0.29) is 17.8 Å². The molecule has 5 heteroatoms. The summed E-state index contributed by atoms with van der Waals surface area (Å²) in [5, 5.41) is 1.98. The van der Waals surface area contributed by atoms with E-state index in [0.29, 0.717) is 13.0 Å². The standard InChI is InChI=1S/C24H23NO3S/c1-28-24(27)23-19-13-15-29-21(19)12-14-25(23)22(26)16-20(17-8-4-2-5-9-17)18-10-6-3-7-11-18/h2-11,13,15,20,23H,12,14,16H2,1H3. The Morgan fingerprint density at radius 3 is 2.24 bits per heavy atom. The lowest BCUT2D eigenvalue weighted by atomic mass is 9.87. The maximum Gasteiger partial charge on any atom is 0.333 e. The van der Waals surface area contributed by atoms with Gasteiger partial charge >= 0.3 is 5.97 Å². The predicted octanol–water partition coefficient (Wildman–Crippen LogP) is 4.57. The number of carbonyl (C=O) groups is 2. The molecule has 1 atom stereocenters. The van der Waals surface area contributed by atoms with Crippen LogP contribution in [0.1, 0.15) is 39.9 Å². The van der Waals surface area contributed by atoms with Crippen LogP contribution in [0.3, 0.4) is 0 Å². The molecular weight excluding hydrogens is 382 g/mol. The van der Waals surface area contributed by atoms with Crippen LogP contribution in [0.5, 0.6) is 0 Å². The topological polar surface area (TPSA) is 46.6 Å². The van der Waals surface area contributed by atoms with E-state index < -0.39 is 6.04 Å². The molecule has 1 aliphatic rings. The molecule has 1 unspecified atom stereocenters. The maximum atomic E-state index is 13.4. The fraction of sp³-hybridized carbons (Fsp3) is 0.250. The highest BCUT2D eigenvalue weighted by molar-refractivity contribution is 7.10. The summed E-state index contributed by atoms with van der Waals surface area (Å²) in [4.78, 5) is 28.8. The lowest BCUT2D eigenvalue weighted by Crippen LogP contribution is -2.44. The van der Waals surface area contributed by atoms with Crippen molar-refractivity contribution in [3.63, 3.8) is 0 Å². The van der Waals surface area contributed by atoms with Crippen LogP contribution in [-0.2, 0) is 20.7 Å². The summed E-state index contributed by atoms with van der Waals surface area (Å²) in [6.45, 7) is 0.530. The summed E-state index contributed by atoms with van der Waals surface area (Å²) < 4.78 is 5.04. The molecule has 0 spiro atoms. The molecule has 1 aliphatic heterocycles. The van der Waals surface area contributed by atoms with Gasteiger partial charge in [0.15, 0.2) is 6.04 Å². The van der Waals surface area contributed by atoms with Gasteiger partial charge in [-0.2, -0.15) is 0 Å². The molecule has 1 amide bonds. The van der Waals surface area contributed by atoms with Gasteiger partial charge in [-0.15, -0.1) is 11.3 Å². The summed E-state index contributed by atoms with van der Waals surface area (Å²) >= 11 is 1.63. The highest BCUT2D eigenvalue weighted by Crippen LogP contribution is 2.36. The molecule has 0 aliphatic carbocycles. The number of amides is 1. The minimum atomic E-state index is -0.658. The molecule has 0 radical (unpaired) electrons. The smallest absolute Gasteiger partial charge is 0.333 e. The van der Waals surface area contributed by atoms with E-state index in [0.717, 1.165) is 28.0 Å². The molecule has 4 nitrogen and oxygen atoms in total. The monoisotopic (exact) mass is 405 g/mol. The SMILES string of the molecule is COC(=O)C1c2ccsc2CCN1C(=O)CC(c1ccccc1)c1ccccc1. The van der Waals surface area contributed by atoms with Gasteiger partial charge in [0, 0.05) is 23.8 Å². The molecule has 3 aromatic rings. The Morgan fingerprint density at radius 2 is 1.66 bits per heavy atom. The molecule has 0 N–H and O–H groups in total. The maximum absolute atomic E-state index is 13.4. The first-order chi connectivity index (χ1) is 14.2. The minimum absolute atomic E-state index is 0.0324. The molecule has 0 bridgehead atoms. The number of carbonyl (C=O) groups excluding carboxylic acids is 2. The summed E-state index contributed by atoms with van der Waals surface area (Å²) in [7, 11) is 1.38. The highest BCUT2D eigenvalue weighted by atomic mass is 32.1. The van der Waals surface area contributed by atoms with E-state index in [4.69, 9.17) is 4.74 Å². The molecule has 2 heterocycles. The van der Waals surface area contributed by atoms with Crippen LogP contribution in [0.4, 0.5) is 0 Å². The van der Waals surface area contributed by atoms with Crippen molar-refractivity contribution in [2.24, 2.45) is 0 Å². The van der Waals surface area contributed by atoms with Crippen LogP contribution >= 0.6 is 11.3 Å². The van der Waals surface area contributed by atoms with Gasteiger partial charge in [0.2, 0.25) is 5.91 Å². The fourth-order valence-electron chi connectivity index (χ4n) is 4.04. The second-order valence-electron chi connectivity index (χ2n) is 7.14. The average molecular weight is 406 g/mol. The van der Waals surface area contributed by atoms with Crippen LogP contribution in [0, 0.1) is 0 Å². The number of rotatable bonds is 5. The van der Waals surface area contributed by atoms with Gasteiger partial charge in [-0.05, 0) is 34.6 Å². The molecule has 1 aromatic heterocycles. The lowest BCUT2D eigenvalue weighted by molar-refractivity contribution is -0.154. The third-order valence-corrected chi connectivity index (χ3v) is 6.49. The quantitative estimate of drug-likeness (QED) is 0.584. The first-order valence-electron chi connectivity index (χ1n) is 9.72. The van der Waals surface area contributed by atoms with Crippen LogP contribution in [0.25, 0.3) is 0 Å². The Labute approximate surface area is 174 Å². The van der Waals surface area contributed by atoms with Crippen molar-refractivity contribution in [3.8, 4) is 0 Å². The molecule has 148 valence electrons. The molecule has 4 rings (SSSR count). The van der Waals surface area contributed by atoms with Crippen LogP contribution in [0.15, 0.2) is 72.1 Å². The molecule has 29 heavy (non-hydrogen) atoms. The van der Waals surface area contributed by atoms with Gasteiger partial charge in [-0.25, -0.2) is 4.79 Å². The summed E-state index contributed by atoms with van der Waals surface area (Å²) in [5.41, 5.74) is 3.09. The first kappa shape index (κ1) is 19.4. The van der Waals surface area contributed by atoms with Crippen LogP contribution < -0.4 is 0 Å². The number of hydrogen-bond acceptors (Lipinski definition) is 4. The molecule has 0 fully saturated rings. The molecule has 2 aromatic carbocycles. The highest BCUT2D eigenvalue weighted by Gasteiger charge is 2.38. The minimum Gasteiger partial charge on any atom is -0.467 e. The third kappa shape index (κ3) is 3.96. The van der Waals surface area contributed by atoms with Gasteiger partial charge in [-0.1, -0.05) is 60.7 Å². The third-order valence-electron chi connectivity index (χ3n) is 5.49. The van der Waals surface area contributed by atoms with Crippen molar-refractivity contribution in [2.45, 2.75) is 24.8 Å². The second-order valence-corrected chi connectivity index (χ2v) is 8.14. The molecule has 0 saturated heterocycles. The zero-order valence-corrected chi connectivity index (χ0v) is 17.1. The fourth-order valence-corrected chi connectivity index (χ4v) is 4.95. The van der Waals surface area contributed by atoms with Gasteiger partial charge in [0.1, 0.15) is 0 Å². The molecule has 0 saturated carbocycles. The number of methoxy groups -OCH3 is 1. The average Bonchev–Trinajstić information content (AvgIpc) is 3.26. The van der Waals surface area contributed by atoms with Crippen molar-refractivity contribution in [1.82, 2.24) is 4.90 Å².